The van der Waals surface area contributed by atoms with E-state index in [4.69, 9.17) is 0 Å². The van der Waals surface area contributed by atoms with E-state index in [2.05, 4.69) is 24.1 Å². The predicted octanol–water partition coefficient (Wildman–Crippen LogP) is 2.76. The molecule has 1 atom stereocenters. The molecule has 2 aliphatic rings. The first-order valence-electron chi connectivity index (χ1n) is 8.70. The Labute approximate surface area is 135 Å². The van der Waals surface area contributed by atoms with Gasteiger partial charge in [0.2, 0.25) is 5.91 Å². The summed E-state index contributed by atoms with van der Waals surface area (Å²) in [6, 6.07) is 0.543. The summed E-state index contributed by atoms with van der Waals surface area (Å²) in [5.74, 6) is -0.0111. The number of nitrogens with zero attached hydrogens (tertiary/aromatic N) is 1. The highest BCUT2D eigenvalue weighted by Crippen LogP contribution is 2.39. The number of hydrogen-bond donors (Lipinski definition) is 1. The van der Waals surface area contributed by atoms with Crippen molar-refractivity contribution in [2.75, 3.05) is 13.1 Å². The summed E-state index contributed by atoms with van der Waals surface area (Å²) in [4.78, 5) is 27.2. The van der Waals surface area contributed by atoms with Crippen LogP contribution in [0.25, 0.3) is 0 Å². The molecular weight excluding hydrogens is 276 g/mol. The first-order chi connectivity index (χ1) is 10.1. The fourth-order valence-corrected chi connectivity index (χ4v) is 3.64. The smallest absolute Gasteiger partial charge is 0.236 e. The zero-order valence-corrected chi connectivity index (χ0v) is 14.9. The van der Waals surface area contributed by atoms with Gasteiger partial charge in [0.15, 0.2) is 0 Å². The molecule has 0 radical (unpaired) electrons. The number of nitrogens with one attached hydrogen (secondary N) is 1. The Bertz CT molecular complexity index is 426. The topological polar surface area (TPSA) is 49.4 Å². The molecular formula is C18H32N2O2. The first-order valence-corrected chi connectivity index (χ1v) is 8.70. The molecule has 0 bridgehead atoms. The third-order valence-electron chi connectivity index (χ3n) is 5.78. The lowest BCUT2D eigenvalue weighted by atomic mass is 9.74. The molecule has 1 aliphatic carbocycles. The maximum atomic E-state index is 13.1. The van der Waals surface area contributed by atoms with Gasteiger partial charge in [-0.05, 0) is 64.8 Å². The van der Waals surface area contributed by atoms with Crippen LogP contribution in [0.15, 0.2) is 0 Å². The second kappa shape index (κ2) is 6.31. The van der Waals surface area contributed by atoms with E-state index in [-0.39, 0.29) is 17.7 Å². The summed E-state index contributed by atoms with van der Waals surface area (Å²) in [5.41, 5.74) is -0.523. The lowest BCUT2D eigenvalue weighted by molar-refractivity contribution is -0.151. The molecule has 0 aromatic carbocycles. The van der Waals surface area contributed by atoms with Crippen LogP contribution in [0.5, 0.6) is 0 Å². The van der Waals surface area contributed by atoms with Gasteiger partial charge >= 0.3 is 0 Å². The minimum Gasteiger partial charge on any atom is -0.335 e. The number of carbonyl (C=O) groups excluding carboxylic acids is 2. The standard InChI is InChI=1S/C18H32N2O2/c1-13(21)18(4,5)16(22)20(15-8-11-19-12-15)14-6-9-17(2,3)10-7-14/h14-15,19H,6-12H2,1-5H3/t15-/m0/s1. The maximum Gasteiger partial charge on any atom is 0.236 e. The average molecular weight is 308 g/mol. The summed E-state index contributed by atoms with van der Waals surface area (Å²) in [6.45, 7) is 11.5. The highest BCUT2D eigenvalue weighted by molar-refractivity contribution is 6.04. The van der Waals surface area contributed by atoms with Crippen molar-refractivity contribution in [3.05, 3.63) is 0 Å². The fourth-order valence-electron chi connectivity index (χ4n) is 3.64. The highest BCUT2D eigenvalue weighted by atomic mass is 16.2. The maximum absolute atomic E-state index is 13.1. The molecule has 0 aromatic heterocycles. The molecule has 0 unspecified atom stereocenters. The zero-order valence-electron chi connectivity index (χ0n) is 14.9. The van der Waals surface area contributed by atoms with Crippen molar-refractivity contribution in [3.63, 3.8) is 0 Å². The summed E-state index contributed by atoms with van der Waals surface area (Å²) in [6.07, 6.45) is 5.43. The van der Waals surface area contributed by atoms with Gasteiger partial charge in [-0.3, -0.25) is 9.59 Å². The number of ketones is 1. The molecule has 4 heteroatoms. The summed E-state index contributed by atoms with van der Waals surface area (Å²) >= 11 is 0. The van der Waals surface area contributed by atoms with E-state index >= 15 is 0 Å². The van der Waals surface area contributed by atoms with Gasteiger partial charge in [-0.15, -0.1) is 0 Å². The van der Waals surface area contributed by atoms with E-state index in [1.807, 2.05) is 0 Å². The molecule has 2 fully saturated rings. The van der Waals surface area contributed by atoms with E-state index in [1.165, 1.54) is 6.92 Å². The zero-order chi connectivity index (χ0) is 16.5. The van der Waals surface area contributed by atoms with Gasteiger partial charge in [-0.1, -0.05) is 13.8 Å². The molecule has 1 heterocycles. The molecule has 1 saturated carbocycles. The summed E-state index contributed by atoms with van der Waals surface area (Å²) in [5, 5.41) is 3.36. The minimum atomic E-state index is -0.907. The SMILES string of the molecule is CC(=O)C(C)(C)C(=O)N(C1CCC(C)(C)CC1)[C@H]1CCNC1. The largest absolute Gasteiger partial charge is 0.335 e. The number of Topliss-reactive ketones (excluding diaryl/α,β-unsaturated/α-hetero) is 1. The Hall–Kier alpha value is -0.900. The molecule has 126 valence electrons. The van der Waals surface area contributed by atoms with Crippen molar-refractivity contribution in [3.8, 4) is 0 Å². The molecule has 1 saturated heterocycles. The van der Waals surface area contributed by atoms with Crippen LogP contribution in [0.3, 0.4) is 0 Å². The van der Waals surface area contributed by atoms with E-state index in [9.17, 15) is 9.59 Å². The minimum absolute atomic E-state index is 0.0263. The molecule has 0 aromatic rings. The van der Waals surface area contributed by atoms with E-state index < -0.39 is 5.41 Å². The Kier molecular flexibility index (Phi) is 5.00. The van der Waals surface area contributed by atoms with Crippen LogP contribution in [-0.4, -0.2) is 41.8 Å². The van der Waals surface area contributed by atoms with E-state index in [0.717, 1.165) is 45.2 Å². The summed E-state index contributed by atoms with van der Waals surface area (Å²) < 4.78 is 0. The van der Waals surface area contributed by atoms with Crippen LogP contribution in [0.4, 0.5) is 0 Å². The van der Waals surface area contributed by atoms with Gasteiger partial charge in [0.1, 0.15) is 11.2 Å². The number of hydrogen-bond acceptors (Lipinski definition) is 3. The number of carbonyl (C=O) groups is 2. The molecule has 1 amide bonds. The third-order valence-corrected chi connectivity index (χ3v) is 5.78. The Balaban J connectivity index is 2.20. The molecule has 22 heavy (non-hydrogen) atoms. The number of amides is 1. The lowest BCUT2D eigenvalue weighted by Gasteiger charge is -2.45. The van der Waals surface area contributed by atoms with Crippen molar-refractivity contribution in [2.45, 2.75) is 78.8 Å². The Morgan fingerprint density at radius 2 is 1.68 bits per heavy atom. The molecule has 0 spiro atoms. The van der Waals surface area contributed by atoms with Crippen LogP contribution in [0.1, 0.15) is 66.7 Å². The summed E-state index contributed by atoms with van der Waals surface area (Å²) in [7, 11) is 0. The Morgan fingerprint density at radius 3 is 2.14 bits per heavy atom. The molecule has 4 nitrogen and oxygen atoms in total. The predicted molar refractivity (Wildman–Crippen MR) is 88.6 cm³/mol. The van der Waals surface area contributed by atoms with Gasteiger partial charge in [-0.25, -0.2) is 0 Å². The molecule has 1 aliphatic heterocycles. The van der Waals surface area contributed by atoms with Crippen LogP contribution in [-0.2, 0) is 9.59 Å². The number of rotatable bonds is 4. The van der Waals surface area contributed by atoms with E-state index in [0.29, 0.717) is 11.5 Å². The van der Waals surface area contributed by atoms with Gasteiger partial charge in [0.05, 0.1) is 0 Å². The first kappa shape index (κ1) is 17.5. The van der Waals surface area contributed by atoms with Crippen LogP contribution in [0, 0.1) is 10.8 Å². The average Bonchev–Trinajstić information content (AvgIpc) is 2.94. The quantitative estimate of drug-likeness (QED) is 0.813. The second-order valence-corrected chi connectivity index (χ2v) is 8.44. The van der Waals surface area contributed by atoms with Crippen molar-refractivity contribution in [1.82, 2.24) is 10.2 Å². The lowest BCUT2D eigenvalue weighted by Crippen LogP contribution is -2.55. The van der Waals surface area contributed by atoms with Crippen LogP contribution < -0.4 is 5.32 Å². The normalized spacial score (nSPS) is 26.0. The van der Waals surface area contributed by atoms with Gasteiger partial charge in [0.25, 0.3) is 0 Å². The molecule has 1 N–H and O–H groups in total. The van der Waals surface area contributed by atoms with Crippen molar-refractivity contribution in [1.29, 1.82) is 0 Å². The molecule has 2 rings (SSSR count). The van der Waals surface area contributed by atoms with Gasteiger partial charge in [-0.2, -0.15) is 0 Å². The third kappa shape index (κ3) is 3.53. The van der Waals surface area contributed by atoms with Gasteiger partial charge < -0.3 is 10.2 Å². The van der Waals surface area contributed by atoms with Crippen LogP contribution in [0.2, 0.25) is 0 Å². The highest BCUT2D eigenvalue weighted by Gasteiger charge is 2.43. The van der Waals surface area contributed by atoms with Crippen molar-refractivity contribution in [2.24, 2.45) is 10.8 Å². The Morgan fingerprint density at radius 1 is 1.09 bits per heavy atom. The van der Waals surface area contributed by atoms with Gasteiger partial charge in [0, 0.05) is 18.6 Å². The van der Waals surface area contributed by atoms with Crippen molar-refractivity contribution < 1.29 is 9.59 Å². The van der Waals surface area contributed by atoms with Crippen molar-refractivity contribution >= 4 is 11.7 Å². The fraction of sp³-hybridized carbons (Fsp3) is 0.889. The van der Waals surface area contributed by atoms with Crippen LogP contribution >= 0.6 is 0 Å². The monoisotopic (exact) mass is 308 g/mol. The second-order valence-electron chi connectivity index (χ2n) is 8.44. The van der Waals surface area contributed by atoms with E-state index in [1.54, 1.807) is 13.8 Å².